The molecule has 9 heteroatoms. The van der Waals surface area contributed by atoms with Crippen LogP contribution in [0.25, 0.3) is 0 Å². The second-order valence-corrected chi connectivity index (χ2v) is 10.1. The Morgan fingerprint density at radius 2 is 2.09 bits per heavy atom. The summed E-state index contributed by atoms with van der Waals surface area (Å²) in [6.07, 6.45) is 5.18. The summed E-state index contributed by atoms with van der Waals surface area (Å²) >= 11 is 3.39. The summed E-state index contributed by atoms with van der Waals surface area (Å²) in [4.78, 5) is 13.1. The average molecular weight is 464 g/mol. The summed E-state index contributed by atoms with van der Waals surface area (Å²) < 4.78 is 3.31. The van der Waals surface area contributed by atoms with Gasteiger partial charge >= 0.3 is 0 Å². The maximum absolute atomic E-state index is 4.86. The molecule has 6 rings (SSSR count). The van der Waals surface area contributed by atoms with E-state index >= 15 is 0 Å². The number of pyridine rings is 2. The molecule has 4 N–H and O–H groups in total. The number of rotatable bonds is 6. The van der Waals surface area contributed by atoms with Gasteiger partial charge in [-0.15, -0.1) is 0 Å². The first-order chi connectivity index (χ1) is 15.7. The summed E-state index contributed by atoms with van der Waals surface area (Å²) in [5.41, 5.74) is 3.45. The Kier molecular flexibility index (Phi) is 5.24. The lowest BCUT2D eigenvalue weighted by Crippen LogP contribution is -2.44. The normalized spacial score (nSPS) is 23.2. The topological polar surface area (TPSA) is 77.1 Å². The number of hydrogen-bond donors (Lipinski definition) is 4. The molecular weight excluding hydrogens is 438 g/mol. The first kappa shape index (κ1) is 20.0. The molecule has 2 aromatic heterocycles. The number of thioether (sulfide) groups is 1. The molecular formula is C23H25N7S2. The molecule has 3 aliphatic heterocycles. The number of aromatic nitrogens is 2. The van der Waals surface area contributed by atoms with Crippen LogP contribution in [0.1, 0.15) is 17.4 Å². The smallest absolute Gasteiger partial charge is 0.133 e. The van der Waals surface area contributed by atoms with Crippen molar-refractivity contribution in [2.45, 2.75) is 28.8 Å². The van der Waals surface area contributed by atoms with E-state index in [2.05, 4.69) is 73.0 Å². The molecule has 2 bridgehead atoms. The molecule has 3 aromatic rings. The highest BCUT2D eigenvalue weighted by molar-refractivity contribution is 8.00. The minimum atomic E-state index is 0.173. The number of hydrogen-bond acceptors (Lipinski definition) is 9. The Morgan fingerprint density at radius 3 is 2.94 bits per heavy atom. The second-order valence-electron chi connectivity index (χ2n) is 8.29. The monoisotopic (exact) mass is 463 g/mol. The van der Waals surface area contributed by atoms with Crippen LogP contribution in [0.5, 0.6) is 0 Å². The first-order valence-electron chi connectivity index (χ1n) is 10.8. The van der Waals surface area contributed by atoms with Crippen LogP contribution in [0, 0.1) is 0 Å². The van der Waals surface area contributed by atoms with Gasteiger partial charge in [0.25, 0.3) is 0 Å². The number of piperazine rings is 1. The number of anilines is 5. The summed E-state index contributed by atoms with van der Waals surface area (Å²) in [6, 6.07) is 17.9. The maximum atomic E-state index is 4.86. The van der Waals surface area contributed by atoms with Crippen molar-refractivity contribution in [3.8, 4) is 0 Å². The highest BCUT2D eigenvalue weighted by atomic mass is 32.2. The van der Waals surface area contributed by atoms with Crippen molar-refractivity contribution < 1.29 is 0 Å². The summed E-state index contributed by atoms with van der Waals surface area (Å²) in [7, 11) is 0. The van der Waals surface area contributed by atoms with Crippen LogP contribution >= 0.6 is 23.7 Å². The van der Waals surface area contributed by atoms with Gasteiger partial charge in [0.05, 0.1) is 10.6 Å². The highest BCUT2D eigenvalue weighted by Crippen LogP contribution is 2.47. The number of benzene rings is 1. The molecule has 3 aliphatic rings. The molecule has 3 unspecified atom stereocenters. The van der Waals surface area contributed by atoms with Gasteiger partial charge in [-0.25, -0.2) is 9.97 Å². The molecule has 0 radical (unpaired) electrons. The van der Waals surface area contributed by atoms with Gasteiger partial charge in [-0.1, -0.05) is 41.9 Å². The van der Waals surface area contributed by atoms with E-state index in [1.807, 2.05) is 18.5 Å². The molecule has 32 heavy (non-hydrogen) atoms. The Balaban J connectivity index is 1.17. The lowest BCUT2D eigenvalue weighted by atomic mass is 10.2. The second kappa shape index (κ2) is 8.38. The fraction of sp³-hybridized carbons (Fsp3) is 0.304. The van der Waals surface area contributed by atoms with E-state index in [1.165, 1.54) is 12.0 Å². The first-order valence-corrected chi connectivity index (χ1v) is 12.9. The molecule has 2 saturated heterocycles. The van der Waals surface area contributed by atoms with Crippen LogP contribution < -0.4 is 25.6 Å². The van der Waals surface area contributed by atoms with Gasteiger partial charge < -0.3 is 25.6 Å². The Bertz CT molecular complexity index is 1140. The minimum absolute atomic E-state index is 0.173. The zero-order valence-electron chi connectivity index (χ0n) is 17.7. The van der Waals surface area contributed by atoms with E-state index in [0.29, 0.717) is 12.1 Å². The van der Waals surface area contributed by atoms with Crippen molar-refractivity contribution in [2.24, 2.45) is 0 Å². The van der Waals surface area contributed by atoms with Crippen LogP contribution in [0.15, 0.2) is 59.6 Å². The fourth-order valence-electron chi connectivity index (χ4n) is 4.68. The number of nitrogens with zero attached hydrogens (tertiary/aromatic N) is 3. The van der Waals surface area contributed by atoms with Crippen molar-refractivity contribution in [3.05, 3.63) is 60.3 Å². The number of nitrogens with one attached hydrogen (secondary N) is 4. The predicted molar refractivity (Wildman–Crippen MR) is 135 cm³/mol. The third kappa shape index (κ3) is 3.85. The SMILES string of the molecule is CSNc1cccc(C2Nc3cc(Nc4cccc(N5CC6CC5CN6)n4)ncc3S2)c1. The summed E-state index contributed by atoms with van der Waals surface area (Å²) in [6.45, 7) is 2.09. The number of fused-ring (bicyclic) bond motifs is 3. The third-order valence-electron chi connectivity index (χ3n) is 6.15. The molecule has 0 spiro atoms. The third-order valence-corrected chi connectivity index (χ3v) is 7.79. The highest BCUT2D eigenvalue weighted by Gasteiger charge is 2.38. The molecule has 1 aromatic carbocycles. The van der Waals surface area contributed by atoms with Crippen LogP contribution in [-0.2, 0) is 0 Å². The Morgan fingerprint density at radius 1 is 1.16 bits per heavy atom. The molecule has 7 nitrogen and oxygen atoms in total. The van der Waals surface area contributed by atoms with Crippen LogP contribution in [0.2, 0.25) is 0 Å². The molecule has 3 atom stereocenters. The van der Waals surface area contributed by atoms with Crippen molar-refractivity contribution in [1.29, 1.82) is 0 Å². The minimum Gasteiger partial charge on any atom is -0.368 e. The fourth-order valence-corrected chi connectivity index (χ4v) is 6.12. The molecule has 5 heterocycles. The van der Waals surface area contributed by atoms with E-state index in [9.17, 15) is 0 Å². The standard InChI is InChI=1S/C23H25N7S2/c1-31-29-15-5-2-4-14(8-15)23-26-18-10-21(25-12-19(18)32-23)27-20-6-3-7-22(28-20)30-13-16-9-17(30)11-24-16/h2-8,10,12,16-17,23-24,26,29H,9,11,13H2,1H3,(H,25,27,28). The van der Waals surface area contributed by atoms with Gasteiger partial charge in [0.2, 0.25) is 0 Å². The van der Waals surface area contributed by atoms with Crippen LogP contribution in [0.4, 0.5) is 28.8 Å². The van der Waals surface area contributed by atoms with E-state index < -0.39 is 0 Å². The van der Waals surface area contributed by atoms with Crippen molar-refractivity contribution >= 4 is 52.5 Å². The zero-order valence-corrected chi connectivity index (χ0v) is 19.3. The van der Waals surface area contributed by atoms with E-state index in [4.69, 9.17) is 4.98 Å². The van der Waals surface area contributed by atoms with E-state index in [1.54, 1.807) is 23.7 Å². The summed E-state index contributed by atoms with van der Waals surface area (Å²) in [5, 5.41) is 10.8. The average Bonchev–Trinajstić information content (AvgIpc) is 3.55. The van der Waals surface area contributed by atoms with Gasteiger partial charge in [0.1, 0.15) is 22.8 Å². The van der Waals surface area contributed by atoms with Crippen molar-refractivity contribution in [1.82, 2.24) is 15.3 Å². The molecule has 0 aliphatic carbocycles. The van der Waals surface area contributed by atoms with Crippen LogP contribution in [0.3, 0.4) is 0 Å². The van der Waals surface area contributed by atoms with Crippen LogP contribution in [-0.4, -0.2) is 41.4 Å². The van der Waals surface area contributed by atoms with Gasteiger partial charge in [-0.3, -0.25) is 0 Å². The zero-order chi connectivity index (χ0) is 21.5. The molecule has 0 saturated carbocycles. The summed E-state index contributed by atoms with van der Waals surface area (Å²) in [5.74, 6) is 2.66. The Hall–Kier alpha value is -2.62. The molecule has 0 amide bonds. The quantitative estimate of drug-likeness (QED) is 0.390. The van der Waals surface area contributed by atoms with Gasteiger partial charge in [-0.2, -0.15) is 0 Å². The van der Waals surface area contributed by atoms with Gasteiger partial charge in [0, 0.05) is 49.4 Å². The molecule has 2 fully saturated rings. The lowest BCUT2D eigenvalue weighted by Gasteiger charge is -2.28. The van der Waals surface area contributed by atoms with E-state index in [0.717, 1.165) is 46.8 Å². The maximum Gasteiger partial charge on any atom is 0.133 e. The lowest BCUT2D eigenvalue weighted by molar-refractivity contribution is 0.576. The van der Waals surface area contributed by atoms with Crippen molar-refractivity contribution in [2.75, 3.05) is 39.6 Å². The van der Waals surface area contributed by atoms with Gasteiger partial charge in [-0.05, 0) is 36.2 Å². The van der Waals surface area contributed by atoms with Crippen molar-refractivity contribution in [3.63, 3.8) is 0 Å². The van der Waals surface area contributed by atoms with E-state index in [-0.39, 0.29) is 5.37 Å². The predicted octanol–water partition coefficient (Wildman–Crippen LogP) is 4.68. The largest absolute Gasteiger partial charge is 0.368 e. The van der Waals surface area contributed by atoms with Gasteiger partial charge in [0.15, 0.2) is 0 Å². The molecule has 164 valence electrons. The Labute approximate surface area is 196 Å².